The Morgan fingerprint density at radius 3 is 2.15 bits per heavy atom. The minimum Gasteiger partial charge on any atom is -0.462 e. The number of fused-ring (bicyclic) bond motifs is 14. The van der Waals surface area contributed by atoms with Crippen molar-refractivity contribution in [2.24, 2.45) is 23.7 Å². The van der Waals surface area contributed by atoms with Gasteiger partial charge in [0.2, 0.25) is 5.78 Å². The van der Waals surface area contributed by atoms with Gasteiger partial charge < -0.3 is 39.2 Å². The Bertz CT molecular complexity index is 1840. The van der Waals surface area contributed by atoms with E-state index in [2.05, 4.69) is 5.32 Å². The Labute approximate surface area is 307 Å². The molecular formula is C39H47NO13. The molecular weight excluding hydrogens is 690 g/mol. The lowest BCUT2D eigenvalue weighted by molar-refractivity contribution is -0.160. The molecule has 0 radical (unpaired) electrons. The van der Waals surface area contributed by atoms with Gasteiger partial charge in [-0.25, -0.2) is 0 Å². The highest BCUT2D eigenvalue weighted by Gasteiger charge is 2.52. The number of benzene rings is 1. The molecule has 3 aliphatic heterocycles. The van der Waals surface area contributed by atoms with E-state index in [1.807, 2.05) is 0 Å². The summed E-state index contributed by atoms with van der Waals surface area (Å²) in [5, 5.41) is 25.1. The lowest BCUT2D eigenvalue weighted by atomic mass is 9.78. The number of hydrogen-bond donors (Lipinski definition) is 3. The molecule has 14 heteroatoms. The summed E-state index contributed by atoms with van der Waals surface area (Å²) >= 11 is 0. The molecule has 14 nitrogen and oxygen atoms in total. The Kier molecular flexibility index (Phi) is 12.3. The van der Waals surface area contributed by atoms with E-state index in [4.69, 9.17) is 23.7 Å². The van der Waals surface area contributed by atoms with E-state index < -0.39 is 100 Å². The van der Waals surface area contributed by atoms with Gasteiger partial charge in [0.05, 0.1) is 47.0 Å². The SMILES string of the molecule is CO[C@@H]1C=CO[C@@]2(C)Oc3c(C)c(OC(C)=O)c4c(c3C2=O)C(=O)C=C(NC(=O)C(C)=CC=C[C@H](C)[C@H](O)[C@H](C)[C@H](O)[C@H](C)[C@H](OC(C)=O)[C@H]1C)C4=O. The fourth-order valence-electron chi connectivity index (χ4n) is 6.88. The molecule has 0 saturated carbocycles. The zero-order chi connectivity index (χ0) is 39.7. The van der Waals surface area contributed by atoms with Crippen LogP contribution in [0.2, 0.25) is 0 Å². The van der Waals surface area contributed by atoms with Gasteiger partial charge >= 0.3 is 17.7 Å². The van der Waals surface area contributed by atoms with Crippen LogP contribution >= 0.6 is 0 Å². The standard InChI is InChI=1S/C39H47NO13/c1-17-12-11-13-18(2)38(48)40-25-16-26(43)28-29(33(25)46)35(52-24(8)42)22(6)36-30(28)37(47)39(9,53-36)50-15-14-27(49-10)19(3)34(51-23(7)41)21(5)32(45)20(4)31(17)44/h11-17,19-21,27,31-32,34,44-45H,1-10H3,(H,40,48)/t17-,19-,20-,21-,27+,31-,32-,34+,39-/m0/s1. The largest absolute Gasteiger partial charge is 0.462 e. The van der Waals surface area contributed by atoms with Gasteiger partial charge in [-0.2, -0.15) is 0 Å². The molecule has 286 valence electrons. The van der Waals surface area contributed by atoms with Crippen molar-refractivity contribution in [2.45, 2.75) is 92.5 Å². The molecule has 3 N–H and O–H groups in total. The third kappa shape index (κ3) is 8.04. The zero-order valence-corrected chi connectivity index (χ0v) is 31.5. The van der Waals surface area contributed by atoms with E-state index in [0.717, 1.165) is 19.3 Å². The van der Waals surface area contributed by atoms with Gasteiger partial charge in [-0.1, -0.05) is 45.9 Å². The van der Waals surface area contributed by atoms with Crippen molar-refractivity contribution in [3.63, 3.8) is 0 Å². The number of ketones is 3. The summed E-state index contributed by atoms with van der Waals surface area (Å²) in [4.78, 5) is 79.4. The third-order valence-corrected chi connectivity index (χ3v) is 10.0. The van der Waals surface area contributed by atoms with Crippen LogP contribution in [-0.4, -0.2) is 82.7 Å². The molecule has 0 saturated heterocycles. The number of Topliss-reactive ketones (excluding diaryl/α,β-unsaturated/α-hetero) is 2. The van der Waals surface area contributed by atoms with Crippen molar-refractivity contribution >= 4 is 35.2 Å². The Hall–Kier alpha value is -4.92. The van der Waals surface area contributed by atoms with Crippen LogP contribution in [0.3, 0.4) is 0 Å². The highest BCUT2D eigenvalue weighted by atomic mass is 16.7. The van der Waals surface area contributed by atoms with E-state index >= 15 is 0 Å². The van der Waals surface area contributed by atoms with Gasteiger partial charge in [0, 0.05) is 68.8 Å². The number of hydrogen-bond acceptors (Lipinski definition) is 13. The number of esters is 2. The van der Waals surface area contributed by atoms with Gasteiger partial charge in [0.15, 0.2) is 5.78 Å². The second kappa shape index (κ2) is 16.0. The molecule has 0 spiro atoms. The molecule has 1 aliphatic carbocycles. The van der Waals surface area contributed by atoms with E-state index in [0.29, 0.717) is 0 Å². The number of ether oxygens (including phenoxy) is 5. The van der Waals surface area contributed by atoms with E-state index in [-0.39, 0.29) is 33.8 Å². The number of allylic oxidation sites excluding steroid dienone is 4. The van der Waals surface area contributed by atoms with Crippen molar-refractivity contribution in [2.75, 3.05) is 7.11 Å². The molecule has 5 rings (SSSR count). The van der Waals surface area contributed by atoms with E-state index in [1.165, 1.54) is 53.0 Å². The van der Waals surface area contributed by atoms with Crippen molar-refractivity contribution in [3.05, 3.63) is 70.2 Å². The van der Waals surface area contributed by atoms with Crippen LogP contribution < -0.4 is 14.8 Å². The molecule has 0 unspecified atom stereocenters. The topological polar surface area (TPSA) is 201 Å². The molecule has 0 aromatic heterocycles. The molecule has 0 fully saturated rings. The zero-order valence-electron chi connectivity index (χ0n) is 31.5. The first kappa shape index (κ1) is 40.8. The third-order valence-electron chi connectivity index (χ3n) is 10.0. The van der Waals surface area contributed by atoms with Crippen molar-refractivity contribution in [1.29, 1.82) is 0 Å². The summed E-state index contributed by atoms with van der Waals surface area (Å²) in [5.41, 5.74) is -1.26. The van der Waals surface area contributed by atoms with Gasteiger partial charge in [-0.15, -0.1) is 0 Å². The average molecular weight is 738 g/mol. The first-order chi connectivity index (χ1) is 24.7. The normalized spacial score (nSPS) is 30.9. The maximum Gasteiger partial charge on any atom is 0.312 e. The Morgan fingerprint density at radius 1 is 0.887 bits per heavy atom. The lowest BCUT2D eigenvalue weighted by Gasteiger charge is -2.38. The summed E-state index contributed by atoms with van der Waals surface area (Å²) in [6.45, 7) is 13.4. The van der Waals surface area contributed by atoms with E-state index in [1.54, 1.807) is 33.8 Å². The predicted octanol–water partition coefficient (Wildman–Crippen LogP) is 3.85. The fraction of sp³-hybridized carbons (Fsp3) is 0.487. The average Bonchev–Trinajstić information content (AvgIpc) is 3.36. The Morgan fingerprint density at radius 2 is 1.55 bits per heavy atom. The van der Waals surface area contributed by atoms with Crippen LogP contribution in [-0.2, 0) is 28.6 Å². The molecule has 9 atom stereocenters. The van der Waals surface area contributed by atoms with Crippen molar-refractivity contribution < 1.29 is 62.7 Å². The molecule has 1 aromatic rings. The van der Waals surface area contributed by atoms with E-state index in [9.17, 15) is 39.0 Å². The van der Waals surface area contributed by atoms with Crippen LogP contribution in [0.4, 0.5) is 0 Å². The van der Waals surface area contributed by atoms with Crippen molar-refractivity contribution in [3.8, 4) is 11.5 Å². The maximum absolute atomic E-state index is 14.1. The van der Waals surface area contributed by atoms with Gasteiger partial charge in [0.25, 0.3) is 11.7 Å². The number of carbonyl (C=O) groups is 6. The summed E-state index contributed by atoms with van der Waals surface area (Å²) < 4.78 is 28.7. The van der Waals surface area contributed by atoms with Crippen LogP contribution in [0.1, 0.15) is 92.0 Å². The molecule has 53 heavy (non-hydrogen) atoms. The van der Waals surface area contributed by atoms with Crippen LogP contribution in [0, 0.1) is 30.6 Å². The fourth-order valence-corrected chi connectivity index (χ4v) is 6.88. The molecule has 5 bridgehead atoms. The number of amides is 1. The minimum atomic E-state index is -2.07. The summed E-state index contributed by atoms with van der Waals surface area (Å²) in [5.74, 6) is -9.71. The second-order valence-electron chi connectivity index (χ2n) is 14.0. The molecule has 3 heterocycles. The molecule has 4 aliphatic rings. The number of aliphatic hydroxyl groups is 2. The number of aliphatic hydroxyl groups excluding tert-OH is 2. The van der Waals surface area contributed by atoms with Crippen LogP contribution in [0.5, 0.6) is 11.5 Å². The maximum atomic E-state index is 14.1. The Balaban J connectivity index is 1.88. The minimum absolute atomic E-state index is 0.0600. The van der Waals surface area contributed by atoms with Gasteiger partial charge in [-0.05, 0) is 19.9 Å². The number of rotatable bonds is 3. The highest BCUT2D eigenvalue weighted by molar-refractivity contribution is 6.31. The van der Waals surface area contributed by atoms with Crippen LogP contribution in [0.15, 0.2) is 47.9 Å². The lowest BCUT2D eigenvalue weighted by Crippen LogP contribution is -2.46. The monoisotopic (exact) mass is 737 g/mol. The number of methoxy groups -OCH3 is 1. The molecule has 1 aromatic carbocycles. The summed E-state index contributed by atoms with van der Waals surface area (Å²) in [6, 6.07) is 0. The van der Waals surface area contributed by atoms with Gasteiger partial charge in [-0.3, -0.25) is 28.8 Å². The van der Waals surface area contributed by atoms with Gasteiger partial charge in [0.1, 0.15) is 17.6 Å². The van der Waals surface area contributed by atoms with Crippen LogP contribution in [0.25, 0.3) is 0 Å². The smallest absolute Gasteiger partial charge is 0.312 e. The number of carbonyl (C=O) groups excluding carboxylic acids is 6. The summed E-state index contributed by atoms with van der Waals surface area (Å²) in [6.07, 6.45) is 4.21. The second-order valence-corrected chi connectivity index (χ2v) is 14.0. The highest BCUT2D eigenvalue weighted by Crippen LogP contribution is 2.48. The first-order valence-electron chi connectivity index (χ1n) is 17.3. The van der Waals surface area contributed by atoms with Crippen molar-refractivity contribution in [1.82, 2.24) is 5.32 Å². The first-order valence-corrected chi connectivity index (χ1v) is 17.3. The predicted molar refractivity (Wildman–Crippen MR) is 189 cm³/mol. The quantitative estimate of drug-likeness (QED) is 0.299. The summed E-state index contributed by atoms with van der Waals surface area (Å²) in [7, 11) is 1.41. The number of nitrogens with one attached hydrogen (secondary N) is 1. The molecule has 1 amide bonds.